The molecule has 8 heteroatoms. The van der Waals surface area contributed by atoms with Crippen LogP contribution in [0, 0.1) is 0 Å². The van der Waals surface area contributed by atoms with Crippen molar-refractivity contribution in [2.75, 3.05) is 17.2 Å². The molecule has 2 aromatic rings. The van der Waals surface area contributed by atoms with Gasteiger partial charge < -0.3 is 16.4 Å². The first-order valence-corrected chi connectivity index (χ1v) is 9.95. The number of para-hydroxylation sites is 1. The van der Waals surface area contributed by atoms with Crippen molar-refractivity contribution < 1.29 is 19.6 Å². The molecule has 2 rings (SSSR count). The number of hydrogen-bond donors (Lipinski definition) is 5. The zero-order chi connectivity index (χ0) is 21.8. The number of hydroxylamine groups is 1. The third-order valence-electron chi connectivity index (χ3n) is 4.55. The van der Waals surface area contributed by atoms with E-state index in [0.29, 0.717) is 24.2 Å². The summed E-state index contributed by atoms with van der Waals surface area (Å²) in [4.78, 5) is 34.6. The van der Waals surface area contributed by atoms with E-state index in [-0.39, 0.29) is 30.7 Å². The largest absolute Gasteiger partial charge is 0.326 e. The number of hydrogen-bond acceptors (Lipinski definition) is 5. The van der Waals surface area contributed by atoms with Crippen molar-refractivity contribution >= 4 is 29.1 Å². The number of rotatable bonds is 11. The van der Waals surface area contributed by atoms with Gasteiger partial charge in [-0.3, -0.25) is 19.6 Å². The first-order chi connectivity index (χ1) is 14.5. The van der Waals surface area contributed by atoms with Gasteiger partial charge in [0, 0.05) is 29.8 Å². The summed E-state index contributed by atoms with van der Waals surface area (Å²) < 4.78 is 0. The summed E-state index contributed by atoms with van der Waals surface area (Å²) in [6.45, 7) is -0.0860. The predicted molar refractivity (Wildman–Crippen MR) is 116 cm³/mol. The first kappa shape index (κ1) is 23.1. The molecule has 0 aromatic heterocycles. The Morgan fingerprint density at radius 1 is 0.767 bits per heavy atom. The first-order valence-electron chi connectivity index (χ1n) is 9.95. The number of carbonyl (C=O) groups is 3. The lowest BCUT2D eigenvalue weighted by atomic mass is 10.0. The molecule has 8 nitrogen and oxygen atoms in total. The predicted octanol–water partition coefficient (Wildman–Crippen LogP) is 3.04. The van der Waals surface area contributed by atoms with E-state index in [9.17, 15) is 14.4 Å². The lowest BCUT2D eigenvalue weighted by Crippen LogP contribution is -2.22. The maximum atomic E-state index is 12.1. The van der Waals surface area contributed by atoms with Crippen molar-refractivity contribution in [1.29, 1.82) is 0 Å². The Morgan fingerprint density at radius 3 is 2.03 bits per heavy atom. The van der Waals surface area contributed by atoms with Crippen LogP contribution in [0.5, 0.6) is 0 Å². The zero-order valence-electron chi connectivity index (χ0n) is 16.8. The van der Waals surface area contributed by atoms with Gasteiger partial charge in [-0.05, 0) is 36.6 Å². The van der Waals surface area contributed by atoms with Crippen LogP contribution >= 0.6 is 0 Å². The van der Waals surface area contributed by atoms with E-state index in [4.69, 9.17) is 10.9 Å². The summed E-state index contributed by atoms with van der Waals surface area (Å²) in [5, 5.41) is 14.1. The quantitative estimate of drug-likeness (QED) is 0.220. The monoisotopic (exact) mass is 412 g/mol. The van der Waals surface area contributed by atoms with Gasteiger partial charge in [-0.25, -0.2) is 5.48 Å². The van der Waals surface area contributed by atoms with Gasteiger partial charge in [0.2, 0.25) is 17.7 Å². The molecule has 0 saturated heterocycles. The smallest absolute Gasteiger partial charge is 0.243 e. The van der Waals surface area contributed by atoms with Crippen LogP contribution in [0.2, 0.25) is 0 Å². The average molecular weight is 412 g/mol. The number of carbonyl (C=O) groups excluding carboxylic acids is 3. The van der Waals surface area contributed by atoms with E-state index in [2.05, 4.69) is 10.6 Å². The summed E-state index contributed by atoms with van der Waals surface area (Å²) in [5.41, 5.74) is 10.1. The lowest BCUT2D eigenvalue weighted by molar-refractivity contribution is -0.129. The number of unbranched alkanes of at least 4 members (excludes halogenated alkanes) is 3. The average Bonchev–Trinajstić information content (AvgIpc) is 2.76. The topological polar surface area (TPSA) is 134 Å². The molecule has 6 N–H and O–H groups in total. The lowest BCUT2D eigenvalue weighted by Gasteiger charge is -2.12. The molecular formula is C22H28N4O4. The minimum Gasteiger partial charge on any atom is -0.326 e. The molecule has 0 atom stereocenters. The van der Waals surface area contributed by atoms with Crippen LogP contribution < -0.4 is 21.8 Å². The zero-order valence-corrected chi connectivity index (χ0v) is 16.8. The van der Waals surface area contributed by atoms with Crippen molar-refractivity contribution in [2.45, 2.75) is 38.5 Å². The Kier molecular flexibility index (Phi) is 9.50. The fourth-order valence-electron chi connectivity index (χ4n) is 2.98. The van der Waals surface area contributed by atoms with Gasteiger partial charge in [0.1, 0.15) is 0 Å². The van der Waals surface area contributed by atoms with Crippen molar-refractivity contribution in [3.63, 3.8) is 0 Å². The molecule has 0 bridgehead atoms. The molecule has 160 valence electrons. The SMILES string of the molecule is NCC(=O)Nc1ccccc1-c1ccc(NC(=O)CCCCCCC(=O)NO)cc1. The van der Waals surface area contributed by atoms with Crippen molar-refractivity contribution in [3.8, 4) is 11.1 Å². The van der Waals surface area contributed by atoms with Crippen molar-refractivity contribution in [3.05, 3.63) is 48.5 Å². The summed E-state index contributed by atoms with van der Waals surface area (Å²) in [6.07, 6.45) is 3.78. The number of benzene rings is 2. The summed E-state index contributed by atoms with van der Waals surface area (Å²) >= 11 is 0. The van der Waals surface area contributed by atoms with Gasteiger partial charge in [-0.2, -0.15) is 0 Å². The molecule has 0 radical (unpaired) electrons. The number of anilines is 2. The van der Waals surface area contributed by atoms with E-state index in [1.165, 1.54) is 0 Å². The Bertz CT molecular complexity index is 852. The highest BCUT2D eigenvalue weighted by atomic mass is 16.5. The molecule has 0 fully saturated rings. The third kappa shape index (κ3) is 7.65. The molecule has 0 spiro atoms. The number of nitrogens with one attached hydrogen (secondary N) is 3. The van der Waals surface area contributed by atoms with Gasteiger partial charge >= 0.3 is 0 Å². The van der Waals surface area contributed by atoms with E-state index >= 15 is 0 Å². The van der Waals surface area contributed by atoms with Gasteiger partial charge in [0.05, 0.1) is 6.54 Å². The minimum atomic E-state index is -0.388. The van der Waals surface area contributed by atoms with Gasteiger partial charge in [-0.1, -0.05) is 43.2 Å². The molecule has 3 amide bonds. The van der Waals surface area contributed by atoms with Crippen LogP contribution in [-0.2, 0) is 14.4 Å². The Hall–Kier alpha value is -3.23. The Labute approximate surface area is 175 Å². The van der Waals surface area contributed by atoms with E-state index < -0.39 is 0 Å². The molecule has 0 aliphatic carbocycles. The minimum absolute atomic E-state index is 0.0635. The molecule has 30 heavy (non-hydrogen) atoms. The Balaban J connectivity index is 1.83. The maximum Gasteiger partial charge on any atom is 0.243 e. The van der Waals surface area contributed by atoms with E-state index in [1.54, 1.807) is 5.48 Å². The van der Waals surface area contributed by atoms with Crippen LogP contribution in [-0.4, -0.2) is 29.5 Å². The molecule has 0 unspecified atom stereocenters. The van der Waals surface area contributed by atoms with Gasteiger partial charge in [-0.15, -0.1) is 0 Å². The van der Waals surface area contributed by atoms with E-state index in [0.717, 1.165) is 30.4 Å². The van der Waals surface area contributed by atoms with Crippen LogP contribution in [0.25, 0.3) is 11.1 Å². The highest BCUT2D eigenvalue weighted by Crippen LogP contribution is 2.28. The third-order valence-corrected chi connectivity index (χ3v) is 4.55. The standard InChI is InChI=1S/C22H28N4O4/c23-15-22(29)25-19-8-6-5-7-18(19)16-11-13-17(14-12-16)24-20(27)9-3-1-2-4-10-21(28)26-30/h5-8,11-14,30H,1-4,9-10,15,23H2,(H,24,27)(H,25,29)(H,26,28). The normalized spacial score (nSPS) is 10.3. The Morgan fingerprint density at radius 2 is 1.40 bits per heavy atom. The van der Waals surface area contributed by atoms with Crippen LogP contribution in [0.1, 0.15) is 38.5 Å². The van der Waals surface area contributed by atoms with Crippen LogP contribution in [0.15, 0.2) is 48.5 Å². The highest BCUT2D eigenvalue weighted by molar-refractivity contribution is 5.96. The second-order valence-electron chi connectivity index (χ2n) is 6.87. The molecule has 2 aromatic carbocycles. The van der Waals surface area contributed by atoms with Crippen molar-refractivity contribution in [2.24, 2.45) is 5.73 Å². The number of amides is 3. The van der Waals surface area contributed by atoms with Crippen molar-refractivity contribution in [1.82, 2.24) is 5.48 Å². The number of nitrogens with two attached hydrogens (primary N) is 1. The second-order valence-corrected chi connectivity index (χ2v) is 6.87. The second kappa shape index (κ2) is 12.4. The van der Waals surface area contributed by atoms with Gasteiger partial charge in [0.25, 0.3) is 0 Å². The van der Waals surface area contributed by atoms with E-state index in [1.807, 2.05) is 48.5 Å². The molecule has 0 aliphatic rings. The fourth-order valence-corrected chi connectivity index (χ4v) is 2.98. The van der Waals surface area contributed by atoms with Gasteiger partial charge in [0.15, 0.2) is 0 Å². The fraction of sp³-hybridized carbons (Fsp3) is 0.318. The molecular weight excluding hydrogens is 384 g/mol. The molecule has 0 aliphatic heterocycles. The summed E-state index contributed by atoms with van der Waals surface area (Å²) in [6, 6.07) is 14.9. The van der Waals surface area contributed by atoms with Crippen LogP contribution in [0.3, 0.4) is 0 Å². The summed E-state index contributed by atoms with van der Waals surface area (Å²) in [5.74, 6) is -0.713. The maximum absolute atomic E-state index is 12.1. The summed E-state index contributed by atoms with van der Waals surface area (Å²) in [7, 11) is 0. The molecule has 0 heterocycles. The van der Waals surface area contributed by atoms with Crippen LogP contribution in [0.4, 0.5) is 11.4 Å². The highest BCUT2D eigenvalue weighted by Gasteiger charge is 2.08. The molecule has 0 saturated carbocycles.